The summed E-state index contributed by atoms with van der Waals surface area (Å²) in [6, 6.07) is 5.54. The van der Waals surface area contributed by atoms with Crippen LogP contribution < -0.4 is 11.1 Å². The van der Waals surface area contributed by atoms with Gasteiger partial charge in [-0.25, -0.2) is 0 Å². The van der Waals surface area contributed by atoms with Gasteiger partial charge in [0.25, 0.3) is 0 Å². The molecule has 24 heavy (non-hydrogen) atoms. The van der Waals surface area contributed by atoms with Gasteiger partial charge in [-0.15, -0.1) is 0 Å². The predicted octanol–water partition coefficient (Wildman–Crippen LogP) is 4.13. The van der Waals surface area contributed by atoms with Crippen molar-refractivity contribution >= 4 is 11.6 Å². The lowest BCUT2D eigenvalue weighted by atomic mass is 9.80. The second-order valence-corrected chi connectivity index (χ2v) is 7.01. The van der Waals surface area contributed by atoms with Crippen LogP contribution in [0.2, 0.25) is 0 Å². The Morgan fingerprint density at radius 2 is 1.96 bits per heavy atom. The number of anilines is 1. The molecule has 3 atom stereocenters. The fraction of sp³-hybridized carbons (Fsp3) is 0.611. The Labute approximate surface area is 139 Å². The minimum atomic E-state index is -4.20. The molecule has 1 aromatic rings. The van der Waals surface area contributed by atoms with E-state index in [0.717, 1.165) is 30.4 Å². The zero-order valence-electron chi connectivity index (χ0n) is 13.5. The topological polar surface area (TPSA) is 55.1 Å². The Hall–Kier alpha value is -1.72. The SMILES string of the molecule is Nc1ccc2c(c1)CCCC2NC(=O)C1CCCC(C(F)(F)F)C1. The number of nitrogens with two attached hydrogens (primary N) is 1. The minimum Gasteiger partial charge on any atom is -0.399 e. The summed E-state index contributed by atoms with van der Waals surface area (Å²) in [5, 5.41) is 2.99. The fourth-order valence-corrected chi connectivity index (χ4v) is 4.00. The maximum absolute atomic E-state index is 12.9. The van der Waals surface area contributed by atoms with E-state index in [0.29, 0.717) is 18.5 Å². The minimum absolute atomic E-state index is 0.0867. The molecule has 6 heteroatoms. The summed E-state index contributed by atoms with van der Waals surface area (Å²) in [4.78, 5) is 12.5. The van der Waals surface area contributed by atoms with Gasteiger partial charge >= 0.3 is 6.18 Å². The highest BCUT2D eigenvalue weighted by atomic mass is 19.4. The second kappa shape index (κ2) is 6.65. The summed E-state index contributed by atoms with van der Waals surface area (Å²) in [6.07, 6.45) is -0.467. The van der Waals surface area contributed by atoms with E-state index < -0.39 is 18.0 Å². The van der Waals surface area contributed by atoms with E-state index in [9.17, 15) is 18.0 Å². The van der Waals surface area contributed by atoms with Crippen molar-refractivity contribution in [3.05, 3.63) is 29.3 Å². The summed E-state index contributed by atoms with van der Waals surface area (Å²) < 4.78 is 38.8. The number of carbonyl (C=O) groups excluding carboxylic acids is 1. The van der Waals surface area contributed by atoms with Crippen molar-refractivity contribution in [2.45, 2.75) is 57.2 Å². The van der Waals surface area contributed by atoms with Crippen molar-refractivity contribution in [1.29, 1.82) is 0 Å². The van der Waals surface area contributed by atoms with Crippen LogP contribution in [0.3, 0.4) is 0 Å². The van der Waals surface area contributed by atoms with Crippen molar-refractivity contribution in [1.82, 2.24) is 5.32 Å². The van der Waals surface area contributed by atoms with Crippen LogP contribution in [-0.4, -0.2) is 12.1 Å². The standard InChI is InChI=1S/C18H23F3N2O/c19-18(20,21)13-5-1-4-12(9-13)17(24)23-16-6-2-3-11-10-14(22)7-8-15(11)16/h7-8,10,12-13,16H,1-6,9,22H2,(H,23,24). The lowest BCUT2D eigenvalue weighted by Gasteiger charge is -2.32. The van der Waals surface area contributed by atoms with E-state index in [2.05, 4.69) is 5.32 Å². The van der Waals surface area contributed by atoms with Gasteiger partial charge in [-0.1, -0.05) is 12.5 Å². The lowest BCUT2D eigenvalue weighted by molar-refractivity contribution is -0.186. The Morgan fingerprint density at radius 3 is 2.71 bits per heavy atom. The second-order valence-electron chi connectivity index (χ2n) is 7.01. The number of rotatable bonds is 2. The molecule has 2 aliphatic carbocycles. The summed E-state index contributed by atoms with van der Waals surface area (Å²) in [6.45, 7) is 0. The number of carbonyl (C=O) groups is 1. The Morgan fingerprint density at radius 1 is 1.17 bits per heavy atom. The zero-order chi connectivity index (χ0) is 17.3. The number of halogens is 3. The first-order valence-corrected chi connectivity index (χ1v) is 8.60. The third-order valence-electron chi connectivity index (χ3n) is 5.31. The molecule has 0 saturated heterocycles. The number of nitrogens with one attached hydrogen (secondary N) is 1. The summed E-state index contributed by atoms with van der Waals surface area (Å²) in [5.74, 6) is -2.12. The van der Waals surface area contributed by atoms with Crippen LogP contribution in [0.15, 0.2) is 18.2 Å². The van der Waals surface area contributed by atoms with Crippen molar-refractivity contribution < 1.29 is 18.0 Å². The van der Waals surface area contributed by atoms with Gasteiger partial charge in [-0.3, -0.25) is 4.79 Å². The van der Waals surface area contributed by atoms with Crippen LogP contribution in [0.5, 0.6) is 0 Å². The van der Waals surface area contributed by atoms with Crippen molar-refractivity contribution in [2.24, 2.45) is 11.8 Å². The summed E-state index contributed by atoms with van der Waals surface area (Å²) >= 11 is 0. The number of hydrogen-bond donors (Lipinski definition) is 2. The molecule has 1 amide bonds. The van der Waals surface area contributed by atoms with E-state index >= 15 is 0 Å². The van der Waals surface area contributed by atoms with Gasteiger partial charge in [-0.2, -0.15) is 13.2 Å². The number of hydrogen-bond acceptors (Lipinski definition) is 2. The fourth-order valence-electron chi connectivity index (χ4n) is 4.00. The van der Waals surface area contributed by atoms with Crippen LogP contribution >= 0.6 is 0 Å². The average Bonchev–Trinajstić information content (AvgIpc) is 2.54. The molecule has 0 aromatic heterocycles. The third kappa shape index (κ3) is 3.68. The van der Waals surface area contributed by atoms with E-state index in [-0.39, 0.29) is 24.8 Å². The molecule has 3 N–H and O–H groups in total. The predicted molar refractivity (Wildman–Crippen MR) is 86.2 cm³/mol. The van der Waals surface area contributed by atoms with Gasteiger partial charge in [-0.05, 0) is 61.8 Å². The van der Waals surface area contributed by atoms with E-state index in [1.807, 2.05) is 18.2 Å². The molecule has 0 bridgehead atoms. The van der Waals surface area contributed by atoms with E-state index in [4.69, 9.17) is 5.73 Å². The number of benzene rings is 1. The molecule has 0 aliphatic heterocycles. The number of alkyl halides is 3. The maximum Gasteiger partial charge on any atom is 0.391 e. The average molecular weight is 340 g/mol. The maximum atomic E-state index is 12.9. The first kappa shape index (κ1) is 17.1. The van der Waals surface area contributed by atoms with Crippen molar-refractivity contribution in [3.63, 3.8) is 0 Å². The lowest BCUT2D eigenvalue weighted by Crippen LogP contribution is -2.39. The van der Waals surface area contributed by atoms with Crippen LogP contribution in [0, 0.1) is 11.8 Å². The summed E-state index contributed by atoms with van der Waals surface area (Å²) in [5.41, 5.74) is 8.68. The quantitative estimate of drug-likeness (QED) is 0.795. The number of amides is 1. The molecule has 1 aromatic carbocycles. The van der Waals surface area contributed by atoms with Crippen LogP contribution in [0.1, 0.15) is 55.7 Å². The van der Waals surface area contributed by atoms with Gasteiger partial charge in [0.15, 0.2) is 0 Å². The van der Waals surface area contributed by atoms with E-state index in [1.54, 1.807) is 0 Å². The molecule has 3 nitrogen and oxygen atoms in total. The molecular formula is C18H23F3N2O. The van der Waals surface area contributed by atoms with Crippen LogP contribution in [0.4, 0.5) is 18.9 Å². The number of aryl methyl sites for hydroxylation is 1. The molecular weight excluding hydrogens is 317 g/mol. The highest BCUT2D eigenvalue weighted by molar-refractivity contribution is 5.79. The largest absolute Gasteiger partial charge is 0.399 e. The summed E-state index contributed by atoms with van der Waals surface area (Å²) in [7, 11) is 0. The molecule has 0 spiro atoms. The number of nitrogen functional groups attached to an aromatic ring is 1. The van der Waals surface area contributed by atoms with Gasteiger partial charge in [0, 0.05) is 11.6 Å². The van der Waals surface area contributed by atoms with Gasteiger partial charge < -0.3 is 11.1 Å². The van der Waals surface area contributed by atoms with Crippen molar-refractivity contribution in [3.8, 4) is 0 Å². The molecule has 0 radical (unpaired) electrons. The van der Waals surface area contributed by atoms with Gasteiger partial charge in [0.1, 0.15) is 0 Å². The zero-order valence-corrected chi connectivity index (χ0v) is 13.5. The molecule has 1 saturated carbocycles. The van der Waals surface area contributed by atoms with Crippen LogP contribution in [0.25, 0.3) is 0 Å². The molecule has 2 aliphatic rings. The van der Waals surface area contributed by atoms with Crippen LogP contribution in [-0.2, 0) is 11.2 Å². The monoisotopic (exact) mass is 340 g/mol. The first-order chi connectivity index (χ1) is 11.3. The Bertz CT molecular complexity index is 615. The van der Waals surface area contributed by atoms with Gasteiger partial charge in [0.05, 0.1) is 12.0 Å². The number of fused-ring (bicyclic) bond motifs is 1. The van der Waals surface area contributed by atoms with Crippen molar-refractivity contribution in [2.75, 3.05) is 5.73 Å². The first-order valence-electron chi connectivity index (χ1n) is 8.60. The van der Waals surface area contributed by atoms with E-state index in [1.165, 1.54) is 0 Å². The normalized spacial score (nSPS) is 27.4. The Kier molecular flexibility index (Phi) is 4.74. The highest BCUT2D eigenvalue weighted by Gasteiger charge is 2.43. The molecule has 3 rings (SSSR count). The molecule has 0 heterocycles. The smallest absolute Gasteiger partial charge is 0.391 e. The third-order valence-corrected chi connectivity index (χ3v) is 5.31. The highest BCUT2D eigenvalue weighted by Crippen LogP contribution is 2.40. The van der Waals surface area contributed by atoms with Gasteiger partial charge in [0.2, 0.25) is 5.91 Å². The molecule has 3 unspecified atom stereocenters. The molecule has 1 fully saturated rings. The molecule has 132 valence electrons. The Balaban J connectivity index is 1.68.